The van der Waals surface area contributed by atoms with E-state index in [0.717, 1.165) is 16.7 Å². The fourth-order valence-electron chi connectivity index (χ4n) is 3.48. The molecule has 0 unspecified atom stereocenters. The van der Waals surface area contributed by atoms with Gasteiger partial charge in [0.2, 0.25) is 10.0 Å². The van der Waals surface area contributed by atoms with Crippen LogP contribution in [0.5, 0.6) is 0 Å². The number of carbonyl (C=O) groups excluding carboxylic acids is 1. The SMILES string of the molecule is COC(=O)c1cc(CCCNS(=O)(=O)c2ccccc2)c2ccc(C(C)C)ccc1-2. The molecule has 0 fully saturated rings. The van der Waals surface area contributed by atoms with Gasteiger partial charge in [-0.25, -0.2) is 17.9 Å². The highest BCUT2D eigenvalue weighted by atomic mass is 32.2. The van der Waals surface area contributed by atoms with Crippen molar-refractivity contribution in [1.29, 1.82) is 0 Å². The molecule has 5 nitrogen and oxygen atoms in total. The Morgan fingerprint density at radius 2 is 1.67 bits per heavy atom. The number of benzene rings is 1. The Kier molecular flexibility index (Phi) is 6.90. The number of carbonyl (C=O) groups is 1. The molecule has 3 rings (SSSR count). The van der Waals surface area contributed by atoms with Crippen molar-refractivity contribution >= 4 is 16.0 Å². The molecule has 0 bridgehead atoms. The lowest BCUT2D eigenvalue weighted by Gasteiger charge is -2.07. The number of sulfonamides is 1. The number of hydrogen-bond donors (Lipinski definition) is 1. The zero-order chi connectivity index (χ0) is 21.7. The molecule has 1 aromatic carbocycles. The van der Waals surface area contributed by atoms with Crippen molar-refractivity contribution in [3.8, 4) is 11.1 Å². The highest BCUT2D eigenvalue weighted by molar-refractivity contribution is 7.89. The normalized spacial score (nSPS) is 11.7. The van der Waals surface area contributed by atoms with E-state index >= 15 is 0 Å². The highest BCUT2D eigenvalue weighted by Crippen LogP contribution is 2.34. The van der Waals surface area contributed by atoms with Crippen molar-refractivity contribution in [1.82, 2.24) is 4.72 Å². The molecule has 6 heteroatoms. The van der Waals surface area contributed by atoms with Crippen LogP contribution in [0.4, 0.5) is 0 Å². The minimum absolute atomic E-state index is 0.255. The van der Waals surface area contributed by atoms with Gasteiger partial charge in [0.1, 0.15) is 0 Å². The maximum atomic E-state index is 12.4. The van der Waals surface area contributed by atoms with Crippen LogP contribution in [0, 0.1) is 0 Å². The molecule has 0 saturated carbocycles. The second-order valence-electron chi connectivity index (χ2n) is 7.54. The van der Waals surface area contributed by atoms with Gasteiger partial charge < -0.3 is 4.74 Å². The fraction of sp³-hybridized carbons (Fsp3) is 0.292. The van der Waals surface area contributed by atoms with Crippen LogP contribution in [-0.2, 0) is 21.2 Å². The van der Waals surface area contributed by atoms with Crippen molar-refractivity contribution in [2.75, 3.05) is 13.7 Å². The van der Waals surface area contributed by atoms with Gasteiger partial charge in [-0.15, -0.1) is 0 Å². The fourth-order valence-corrected chi connectivity index (χ4v) is 4.57. The number of nitrogens with one attached hydrogen (secondary N) is 1. The average molecular weight is 426 g/mol. The van der Waals surface area contributed by atoms with Crippen LogP contribution in [0.3, 0.4) is 0 Å². The zero-order valence-corrected chi connectivity index (χ0v) is 18.3. The summed E-state index contributed by atoms with van der Waals surface area (Å²) in [5.74, 6) is 0.00672. The van der Waals surface area contributed by atoms with Gasteiger partial charge in [-0.1, -0.05) is 56.3 Å². The summed E-state index contributed by atoms with van der Waals surface area (Å²) in [5.41, 5.74) is 4.58. The van der Waals surface area contributed by atoms with Crippen molar-refractivity contribution < 1.29 is 17.9 Å². The molecule has 158 valence electrons. The summed E-state index contributed by atoms with van der Waals surface area (Å²) in [5, 5.41) is 0. The zero-order valence-electron chi connectivity index (χ0n) is 17.5. The first-order valence-corrected chi connectivity index (χ1v) is 11.5. The molecule has 30 heavy (non-hydrogen) atoms. The third-order valence-electron chi connectivity index (χ3n) is 5.17. The monoisotopic (exact) mass is 425 g/mol. The molecule has 0 saturated heterocycles. The largest absolute Gasteiger partial charge is 0.465 e. The first-order valence-electron chi connectivity index (χ1n) is 10.0. The summed E-state index contributed by atoms with van der Waals surface area (Å²) < 4.78 is 32.3. The van der Waals surface area contributed by atoms with Crippen LogP contribution in [0.15, 0.2) is 65.6 Å². The van der Waals surface area contributed by atoms with E-state index in [9.17, 15) is 13.2 Å². The van der Waals surface area contributed by atoms with Gasteiger partial charge in [0.05, 0.1) is 17.6 Å². The number of fused-ring (bicyclic) bond motifs is 1. The average Bonchev–Trinajstić information content (AvgIpc) is 2.93. The maximum Gasteiger partial charge on any atom is 0.338 e. The lowest BCUT2D eigenvalue weighted by atomic mass is 10.0. The van der Waals surface area contributed by atoms with Crippen LogP contribution in [0.2, 0.25) is 0 Å². The molecule has 2 aliphatic carbocycles. The quantitative estimate of drug-likeness (QED) is 0.422. The summed E-state index contributed by atoms with van der Waals surface area (Å²) in [6.07, 6.45) is 1.26. The van der Waals surface area contributed by atoms with E-state index < -0.39 is 10.0 Å². The minimum atomic E-state index is -3.52. The molecule has 0 amide bonds. The molecule has 0 heterocycles. The maximum absolute atomic E-state index is 12.4. The van der Waals surface area contributed by atoms with Gasteiger partial charge in [-0.3, -0.25) is 0 Å². The van der Waals surface area contributed by atoms with E-state index in [1.165, 1.54) is 12.7 Å². The van der Waals surface area contributed by atoms with Crippen molar-refractivity contribution in [3.05, 3.63) is 77.4 Å². The first kappa shape index (κ1) is 22.0. The highest BCUT2D eigenvalue weighted by Gasteiger charge is 2.21. The molecule has 0 aliphatic heterocycles. The van der Waals surface area contributed by atoms with Crippen molar-refractivity contribution in [2.24, 2.45) is 0 Å². The lowest BCUT2D eigenvalue weighted by Crippen LogP contribution is -2.25. The smallest absolute Gasteiger partial charge is 0.338 e. The third kappa shape index (κ3) is 4.89. The number of methoxy groups -OCH3 is 1. The van der Waals surface area contributed by atoms with E-state index in [-0.39, 0.29) is 10.9 Å². The molecule has 0 aromatic heterocycles. The molecular formula is C24H27NO4S. The summed E-state index contributed by atoms with van der Waals surface area (Å²) in [6, 6.07) is 18.3. The van der Waals surface area contributed by atoms with Crippen molar-refractivity contribution in [2.45, 2.75) is 37.5 Å². The Labute approximate surface area is 178 Å². The van der Waals surface area contributed by atoms with Gasteiger partial charge in [-0.05, 0) is 59.2 Å². The molecule has 0 radical (unpaired) electrons. The number of ether oxygens (including phenoxy) is 1. The Balaban J connectivity index is 1.78. The Morgan fingerprint density at radius 1 is 1.00 bits per heavy atom. The van der Waals surface area contributed by atoms with E-state index in [4.69, 9.17) is 4.74 Å². The Hall–Kier alpha value is -2.70. The Morgan fingerprint density at radius 3 is 2.30 bits per heavy atom. The molecule has 0 spiro atoms. The minimum Gasteiger partial charge on any atom is -0.465 e. The third-order valence-corrected chi connectivity index (χ3v) is 6.65. The molecule has 1 aromatic rings. The summed E-state index contributed by atoms with van der Waals surface area (Å²) in [4.78, 5) is 12.5. The van der Waals surface area contributed by atoms with E-state index in [0.29, 0.717) is 30.9 Å². The number of esters is 1. The molecular weight excluding hydrogens is 398 g/mol. The Bertz CT molecular complexity index is 1090. The molecule has 0 atom stereocenters. The van der Waals surface area contributed by atoms with Crippen LogP contribution < -0.4 is 4.72 Å². The molecule has 1 N–H and O–H groups in total. The predicted molar refractivity (Wildman–Crippen MR) is 118 cm³/mol. The number of hydrogen-bond acceptors (Lipinski definition) is 4. The van der Waals surface area contributed by atoms with Gasteiger partial charge in [-0.2, -0.15) is 0 Å². The number of rotatable bonds is 8. The van der Waals surface area contributed by atoms with E-state index in [1.54, 1.807) is 30.3 Å². The van der Waals surface area contributed by atoms with Crippen molar-refractivity contribution in [3.63, 3.8) is 0 Å². The summed E-state index contributed by atoms with van der Waals surface area (Å²) in [7, 11) is -2.14. The topological polar surface area (TPSA) is 72.5 Å². The summed E-state index contributed by atoms with van der Waals surface area (Å²) in [6.45, 7) is 4.57. The number of aryl methyl sites for hydroxylation is 1. The van der Waals surface area contributed by atoms with Gasteiger partial charge in [0, 0.05) is 6.54 Å². The van der Waals surface area contributed by atoms with Crippen LogP contribution >= 0.6 is 0 Å². The second kappa shape index (κ2) is 9.41. The van der Waals surface area contributed by atoms with E-state index in [2.05, 4.69) is 24.6 Å². The van der Waals surface area contributed by atoms with Gasteiger partial charge in [0.25, 0.3) is 0 Å². The van der Waals surface area contributed by atoms with E-state index in [1.807, 2.05) is 24.3 Å². The van der Waals surface area contributed by atoms with Gasteiger partial charge in [0.15, 0.2) is 0 Å². The van der Waals surface area contributed by atoms with Gasteiger partial charge >= 0.3 is 5.97 Å². The molecule has 2 aliphatic rings. The lowest BCUT2D eigenvalue weighted by molar-refractivity contribution is 0.0602. The predicted octanol–water partition coefficient (Wildman–Crippen LogP) is 4.61. The van der Waals surface area contributed by atoms with Crippen LogP contribution in [-0.4, -0.2) is 28.0 Å². The van der Waals surface area contributed by atoms with Crippen LogP contribution in [0.25, 0.3) is 11.1 Å². The first-order chi connectivity index (χ1) is 14.3. The standard InChI is InChI=1S/C24H27NO4S/c1-17(2)18-11-13-21-19(16-23(24(26)29-3)22(21)14-12-18)8-7-15-25-30(27,28)20-9-5-4-6-10-20/h4-6,9-14,16-17,25H,7-8,15H2,1-3H3. The van der Waals surface area contributed by atoms with Crippen LogP contribution in [0.1, 0.15) is 47.7 Å². The second-order valence-corrected chi connectivity index (χ2v) is 9.30. The summed E-state index contributed by atoms with van der Waals surface area (Å²) >= 11 is 0.